The summed E-state index contributed by atoms with van der Waals surface area (Å²) >= 11 is 0. The third kappa shape index (κ3) is 1.78. The van der Waals surface area contributed by atoms with Crippen LogP contribution in [-0.4, -0.2) is 4.98 Å². The Kier molecular flexibility index (Phi) is 2.32. The largest absolute Gasteiger partial charge is 0.252 e. The summed E-state index contributed by atoms with van der Waals surface area (Å²) in [6.45, 7) is 4.25. The first-order chi connectivity index (χ1) is 8.24. The molecular formula is C16H15N. The van der Waals surface area contributed by atoms with E-state index in [0.717, 1.165) is 5.52 Å². The standard InChI is InChI=1S/C16H15N/c1-11-7-8-14-10-12(2)16(17-15(14)9-11)13-5-3-4-6-13/h3-10,13H,1-2H3. The Hall–Kier alpha value is -1.89. The molecule has 0 amide bonds. The van der Waals surface area contributed by atoms with Gasteiger partial charge in [-0.25, -0.2) is 0 Å². The van der Waals surface area contributed by atoms with Crippen molar-refractivity contribution in [1.82, 2.24) is 4.98 Å². The lowest BCUT2D eigenvalue weighted by Crippen LogP contribution is -1.98. The van der Waals surface area contributed by atoms with Crippen molar-refractivity contribution >= 4 is 10.9 Å². The molecule has 0 unspecified atom stereocenters. The summed E-state index contributed by atoms with van der Waals surface area (Å²) in [5.41, 5.74) is 4.80. The van der Waals surface area contributed by atoms with E-state index in [2.05, 4.69) is 62.4 Å². The number of fused-ring (bicyclic) bond motifs is 1. The summed E-state index contributed by atoms with van der Waals surface area (Å²) in [6.07, 6.45) is 8.56. The van der Waals surface area contributed by atoms with E-state index in [1.54, 1.807) is 0 Å². The Bertz CT molecular complexity index is 623. The van der Waals surface area contributed by atoms with Gasteiger partial charge >= 0.3 is 0 Å². The van der Waals surface area contributed by atoms with Crippen LogP contribution in [0.15, 0.2) is 48.6 Å². The molecule has 0 saturated carbocycles. The molecule has 0 fully saturated rings. The van der Waals surface area contributed by atoms with Gasteiger partial charge < -0.3 is 0 Å². The molecule has 1 nitrogen and oxygen atoms in total. The first-order valence-corrected chi connectivity index (χ1v) is 5.97. The first-order valence-electron chi connectivity index (χ1n) is 5.97. The minimum absolute atomic E-state index is 0.347. The third-order valence-corrected chi connectivity index (χ3v) is 3.27. The van der Waals surface area contributed by atoms with Crippen LogP contribution in [0.2, 0.25) is 0 Å². The Morgan fingerprint density at radius 2 is 1.76 bits per heavy atom. The lowest BCUT2D eigenvalue weighted by molar-refractivity contribution is 1.000. The molecule has 84 valence electrons. The van der Waals surface area contributed by atoms with Gasteiger partial charge in [0.2, 0.25) is 0 Å². The molecule has 3 rings (SSSR count). The number of rotatable bonds is 1. The topological polar surface area (TPSA) is 12.9 Å². The van der Waals surface area contributed by atoms with Gasteiger partial charge in [0.1, 0.15) is 0 Å². The van der Waals surface area contributed by atoms with E-state index in [1.165, 1.54) is 22.2 Å². The number of benzene rings is 1. The molecular weight excluding hydrogens is 206 g/mol. The summed E-state index contributed by atoms with van der Waals surface area (Å²) in [5, 5.41) is 1.22. The monoisotopic (exact) mass is 221 g/mol. The quantitative estimate of drug-likeness (QED) is 0.707. The molecule has 1 heterocycles. The van der Waals surface area contributed by atoms with E-state index in [4.69, 9.17) is 4.98 Å². The average Bonchev–Trinajstić information content (AvgIpc) is 2.82. The number of pyridine rings is 1. The molecule has 1 aromatic carbocycles. The third-order valence-electron chi connectivity index (χ3n) is 3.27. The fraction of sp³-hybridized carbons (Fsp3) is 0.188. The van der Waals surface area contributed by atoms with Gasteiger partial charge in [0.05, 0.1) is 11.2 Å². The molecule has 0 saturated heterocycles. The van der Waals surface area contributed by atoms with Crippen LogP contribution in [0.3, 0.4) is 0 Å². The van der Waals surface area contributed by atoms with Crippen molar-refractivity contribution in [3.8, 4) is 0 Å². The van der Waals surface area contributed by atoms with E-state index < -0.39 is 0 Å². The normalized spacial score (nSPS) is 14.9. The van der Waals surface area contributed by atoms with Gasteiger partial charge in [-0.3, -0.25) is 4.98 Å². The molecule has 0 atom stereocenters. The molecule has 1 aromatic heterocycles. The predicted molar refractivity (Wildman–Crippen MR) is 72.2 cm³/mol. The highest BCUT2D eigenvalue weighted by molar-refractivity contribution is 5.80. The first kappa shape index (κ1) is 10.3. The number of nitrogens with zero attached hydrogens (tertiary/aromatic N) is 1. The highest BCUT2D eigenvalue weighted by Gasteiger charge is 2.12. The van der Waals surface area contributed by atoms with E-state index in [-0.39, 0.29) is 0 Å². The Morgan fingerprint density at radius 3 is 2.53 bits per heavy atom. The molecule has 0 N–H and O–H groups in total. The van der Waals surface area contributed by atoms with Crippen molar-refractivity contribution in [3.05, 3.63) is 65.4 Å². The van der Waals surface area contributed by atoms with Gasteiger partial charge in [0.15, 0.2) is 0 Å². The summed E-state index contributed by atoms with van der Waals surface area (Å²) in [6, 6.07) is 8.67. The molecule has 0 aliphatic heterocycles. The minimum atomic E-state index is 0.347. The lowest BCUT2D eigenvalue weighted by Gasteiger charge is -2.11. The molecule has 17 heavy (non-hydrogen) atoms. The number of hydrogen-bond donors (Lipinski definition) is 0. The predicted octanol–water partition coefficient (Wildman–Crippen LogP) is 4.06. The maximum absolute atomic E-state index is 4.82. The Balaban J connectivity index is 2.21. The smallest absolute Gasteiger partial charge is 0.0708 e. The Morgan fingerprint density at radius 1 is 1.00 bits per heavy atom. The van der Waals surface area contributed by atoms with Crippen LogP contribution in [0.4, 0.5) is 0 Å². The molecule has 0 radical (unpaired) electrons. The second kappa shape index (κ2) is 3.85. The maximum Gasteiger partial charge on any atom is 0.0708 e. The van der Waals surface area contributed by atoms with Crippen molar-refractivity contribution in [1.29, 1.82) is 0 Å². The van der Waals surface area contributed by atoms with Gasteiger partial charge in [0.25, 0.3) is 0 Å². The summed E-state index contributed by atoms with van der Waals surface area (Å²) < 4.78 is 0. The zero-order valence-corrected chi connectivity index (χ0v) is 10.1. The van der Waals surface area contributed by atoms with Crippen LogP contribution >= 0.6 is 0 Å². The average molecular weight is 221 g/mol. The molecule has 0 bridgehead atoms. The number of hydrogen-bond acceptors (Lipinski definition) is 1. The SMILES string of the molecule is Cc1ccc2cc(C)c(C3C=CC=C3)nc2c1. The van der Waals surface area contributed by atoms with E-state index >= 15 is 0 Å². The summed E-state index contributed by atoms with van der Waals surface area (Å²) in [4.78, 5) is 4.82. The zero-order chi connectivity index (χ0) is 11.8. The van der Waals surface area contributed by atoms with Crippen molar-refractivity contribution in [3.63, 3.8) is 0 Å². The molecule has 0 spiro atoms. The fourth-order valence-electron chi connectivity index (χ4n) is 2.35. The lowest BCUT2D eigenvalue weighted by atomic mass is 10.00. The van der Waals surface area contributed by atoms with Crippen LogP contribution in [0.1, 0.15) is 22.7 Å². The van der Waals surface area contributed by atoms with Crippen LogP contribution in [0, 0.1) is 13.8 Å². The molecule has 1 aliphatic rings. The van der Waals surface area contributed by atoms with Crippen LogP contribution in [0.25, 0.3) is 10.9 Å². The van der Waals surface area contributed by atoms with Crippen LogP contribution in [-0.2, 0) is 0 Å². The van der Waals surface area contributed by atoms with Gasteiger partial charge in [-0.05, 0) is 37.1 Å². The van der Waals surface area contributed by atoms with Crippen LogP contribution in [0.5, 0.6) is 0 Å². The second-order valence-electron chi connectivity index (χ2n) is 4.68. The van der Waals surface area contributed by atoms with E-state index in [9.17, 15) is 0 Å². The van der Waals surface area contributed by atoms with Crippen molar-refractivity contribution in [2.24, 2.45) is 0 Å². The van der Waals surface area contributed by atoms with Gasteiger partial charge in [0, 0.05) is 11.3 Å². The van der Waals surface area contributed by atoms with Crippen molar-refractivity contribution in [2.75, 3.05) is 0 Å². The highest BCUT2D eigenvalue weighted by atomic mass is 14.7. The van der Waals surface area contributed by atoms with Gasteiger partial charge in [-0.15, -0.1) is 0 Å². The fourth-order valence-corrected chi connectivity index (χ4v) is 2.35. The zero-order valence-electron chi connectivity index (χ0n) is 10.1. The highest BCUT2D eigenvalue weighted by Crippen LogP contribution is 2.27. The van der Waals surface area contributed by atoms with Crippen molar-refractivity contribution in [2.45, 2.75) is 19.8 Å². The van der Waals surface area contributed by atoms with E-state index in [0.29, 0.717) is 5.92 Å². The van der Waals surface area contributed by atoms with Crippen molar-refractivity contribution < 1.29 is 0 Å². The van der Waals surface area contributed by atoms with Crippen LogP contribution < -0.4 is 0 Å². The van der Waals surface area contributed by atoms with Gasteiger partial charge in [-0.2, -0.15) is 0 Å². The Labute approximate surface area is 102 Å². The molecule has 2 aromatic rings. The number of aromatic nitrogens is 1. The minimum Gasteiger partial charge on any atom is -0.252 e. The number of allylic oxidation sites excluding steroid dienone is 4. The second-order valence-corrected chi connectivity index (χ2v) is 4.68. The summed E-state index contributed by atoms with van der Waals surface area (Å²) in [5.74, 6) is 0.347. The van der Waals surface area contributed by atoms with E-state index in [1.807, 2.05) is 0 Å². The van der Waals surface area contributed by atoms with Gasteiger partial charge in [-0.1, -0.05) is 36.4 Å². The maximum atomic E-state index is 4.82. The summed E-state index contributed by atoms with van der Waals surface area (Å²) in [7, 11) is 0. The molecule has 1 aliphatic carbocycles. The number of aryl methyl sites for hydroxylation is 2. The molecule has 1 heteroatoms.